The summed E-state index contributed by atoms with van der Waals surface area (Å²) in [6.45, 7) is 0. The maximum atomic E-state index is 5.33. The molecule has 1 aromatic heterocycles. The molecule has 3 rings (SSSR count). The number of hydrogen-bond acceptors (Lipinski definition) is 3. The van der Waals surface area contributed by atoms with Crippen LogP contribution in [0.15, 0.2) is 59.5 Å². The van der Waals surface area contributed by atoms with Crippen molar-refractivity contribution in [3.8, 4) is 21.7 Å². The molecule has 2 aromatic carbocycles. The van der Waals surface area contributed by atoms with Crippen molar-refractivity contribution in [2.75, 3.05) is 6.26 Å². The van der Waals surface area contributed by atoms with Gasteiger partial charge in [-0.15, -0.1) is 23.1 Å². The summed E-state index contributed by atoms with van der Waals surface area (Å²) in [6.07, 6.45) is 2.09. The normalized spacial score (nSPS) is 10.7. The van der Waals surface area contributed by atoms with Gasteiger partial charge in [-0.2, -0.15) is 0 Å². The van der Waals surface area contributed by atoms with Gasteiger partial charge in [0.2, 0.25) is 0 Å². The van der Waals surface area contributed by atoms with Gasteiger partial charge in [-0.3, -0.25) is 0 Å². The molecule has 1 N–H and O–H groups in total. The molecule has 0 unspecified atom stereocenters. The second-order valence-electron chi connectivity index (χ2n) is 4.31. The number of aromatic amines is 1. The molecule has 0 aliphatic rings. The van der Waals surface area contributed by atoms with Crippen molar-refractivity contribution in [1.29, 1.82) is 0 Å². The van der Waals surface area contributed by atoms with E-state index in [0.29, 0.717) is 0 Å². The van der Waals surface area contributed by atoms with Crippen LogP contribution in [-0.2, 0) is 0 Å². The number of aromatic nitrogens is 1. The summed E-state index contributed by atoms with van der Waals surface area (Å²) in [6, 6.07) is 19.0. The number of nitrogens with one attached hydrogen (secondary N) is 1. The topological polar surface area (TPSA) is 15.8 Å². The molecule has 1 nitrogen and oxygen atoms in total. The molecule has 1 heterocycles. The third kappa shape index (κ3) is 2.73. The lowest BCUT2D eigenvalue weighted by atomic mass is 10.1. The van der Waals surface area contributed by atoms with Gasteiger partial charge >= 0.3 is 0 Å². The van der Waals surface area contributed by atoms with Crippen LogP contribution < -0.4 is 0 Å². The summed E-state index contributed by atoms with van der Waals surface area (Å²) >= 11 is 8.70. The van der Waals surface area contributed by atoms with Crippen molar-refractivity contribution in [3.05, 3.63) is 58.6 Å². The minimum atomic E-state index is 0.813. The highest BCUT2D eigenvalue weighted by atomic mass is 32.2. The van der Waals surface area contributed by atoms with Crippen molar-refractivity contribution >= 4 is 35.3 Å². The Hall–Kier alpha value is -1.36. The number of thioether (sulfide) groups is 1. The predicted octanol–water partition coefficient (Wildman–Crippen LogP) is 5.86. The van der Waals surface area contributed by atoms with Crippen LogP contribution in [0.5, 0.6) is 0 Å². The second-order valence-corrected chi connectivity index (χ2v) is 6.88. The van der Waals surface area contributed by atoms with E-state index in [1.54, 1.807) is 23.1 Å². The third-order valence-electron chi connectivity index (χ3n) is 3.06. The molecule has 3 aromatic rings. The van der Waals surface area contributed by atoms with E-state index in [4.69, 9.17) is 12.2 Å². The molecule has 0 amide bonds. The average molecular weight is 315 g/mol. The first-order valence-electron chi connectivity index (χ1n) is 6.21. The standard InChI is InChI=1S/C16H13NS3/c1-19-13-9-7-11(8-10-13)14-15(20-16(18)17-14)12-5-3-2-4-6-12/h2-10H,1H3,(H,17,18). The van der Waals surface area contributed by atoms with E-state index < -0.39 is 0 Å². The maximum Gasteiger partial charge on any atom is 0.159 e. The van der Waals surface area contributed by atoms with Crippen LogP contribution in [-0.4, -0.2) is 11.2 Å². The number of benzene rings is 2. The number of H-pyrrole nitrogens is 1. The van der Waals surface area contributed by atoms with Crippen LogP contribution in [0, 0.1) is 3.95 Å². The minimum absolute atomic E-state index is 0.813. The highest BCUT2D eigenvalue weighted by Crippen LogP contribution is 2.35. The van der Waals surface area contributed by atoms with Crippen LogP contribution >= 0.6 is 35.3 Å². The van der Waals surface area contributed by atoms with Crippen LogP contribution in [0.25, 0.3) is 21.7 Å². The van der Waals surface area contributed by atoms with Crippen LogP contribution in [0.2, 0.25) is 0 Å². The zero-order valence-electron chi connectivity index (χ0n) is 10.9. The van der Waals surface area contributed by atoms with Gasteiger partial charge in [-0.05, 0) is 41.7 Å². The quantitative estimate of drug-likeness (QED) is 0.481. The molecule has 0 bridgehead atoms. The molecule has 0 spiro atoms. The summed E-state index contributed by atoms with van der Waals surface area (Å²) in [7, 11) is 0. The summed E-state index contributed by atoms with van der Waals surface area (Å²) in [5, 5.41) is 0. The van der Waals surface area contributed by atoms with Crippen molar-refractivity contribution in [2.45, 2.75) is 4.90 Å². The van der Waals surface area contributed by atoms with Gasteiger partial charge in [0.05, 0.1) is 10.6 Å². The number of hydrogen-bond donors (Lipinski definition) is 1. The Morgan fingerprint density at radius 2 is 1.65 bits per heavy atom. The SMILES string of the molecule is CSc1ccc(-c2[nH]c(=S)sc2-c2ccccc2)cc1. The zero-order chi connectivity index (χ0) is 13.9. The lowest BCUT2D eigenvalue weighted by molar-refractivity contribution is 1.37. The van der Waals surface area contributed by atoms with E-state index >= 15 is 0 Å². The largest absolute Gasteiger partial charge is 0.336 e. The van der Waals surface area contributed by atoms with Crippen LogP contribution in [0.4, 0.5) is 0 Å². The Kier molecular flexibility index (Phi) is 4.05. The molecule has 20 heavy (non-hydrogen) atoms. The van der Waals surface area contributed by atoms with Crippen molar-refractivity contribution in [1.82, 2.24) is 4.98 Å². The molecule has 0 radical (unpaired) electrons. The molecular formula is C16H13NS3. The molecule has 0 saturated carbocycles. The third-order valence-corrected chi connectivity index (χ3v) is 5.09. The van der Waals surface area contributed by atoms with Crippen molar-refractivity contribution in [2.24, 2.45) is 0 Å². The Morgan fingerprint density at radius 3 is 2.30 bits per heavy atom. The van der Waals surface area contributed by atoms with Crippen molar-refractivity contribution < 1.29 is 0 Å². The fraction of sp³-hybridized carbons (Fsp3) is 0.0625. The molecule has 0 aliphatic carbocycles. The summed E-state index contributed by atoms with van der Waals surface area (Å²) in [4.78, 5) is 5.79. The van der Waals surface area contributed by atoms with Gasteiger partial charge in [-0.1, -0.05) is 42.5 Å². The van der Waals surface area contributed by atoms with Crippen LogP contribution in [0.3, 0.4) is 0 Å². The fourth-order valence-electron chi connectivity index (χ4n) is 2.08. The predicted molar refractivity (Wildman–Crippen MR) is 92.2 cm³/mol. The average Bonchev–Trinajstić information content (AvgIpc) is 2.90. The minimum Gasteiger partial charge on any atom is -0.336 e. The van der Waals surface area contributed by atoms with E-state index in [9.17, 15) is 0 Å². The van der Waals surface area contributed by atoms with Crippen LogP contribution in [0.1, 0.15) is 0 Å². The summed E-state index contributed by atoms with van der Waals surface area (Å²) in [5.41, 5.74) is 3.49. The van der Waals surface area contributed by atoms with Gasteiger partial charge in [0, 0.05) is 4.90 Å². The summed E-state index contributed by atoms with van der Waals surface area (Å²) in [5.74, 6) is 0. The summed E-state index contributed by atoms with van der Waals surface area (Å²) < 4.78 is 0.813. The molecule has 0 atom stereocenters. The highest BCUT2D eigenvalue weighted by Gasteiger charge is 2.10. The van der Waals surface area contributed by atoms with E-state index in [2.05, 4.69) is 59.8 Å². The van der Waals surface area contributed by atoms with Gasteiger partial charge in [0.25, 0.3) is 0 Å². The Balaban J connectivity index is 2.12. The van der Waals surface area contributed by atoms with Gasteiger partial charge in [0.15, 0.2) is 3.95 Å². The van der Waals surface area contributed by atoms with Gasteiger partial charge in [0.1, 0.15) is 0 Å². The molecule has 0 saturated heterocycles. The lowest BCUT2D eigenvalue weighted by Crippen LogP contribution is -1.82. The maximum absolute atomic E-state index is 5.33. The molecular weight excluding hydrogens is 302 g/mol. The molecule has 0 aliphatic heterocycles. The molecule has 4 heteroatoms. The Bertz CT molecular complexity index is 754. The lowest BCUT2D eigenvalue weighted by Gasteiger charge is -2.04. The van der Waals surface area contributed by atoms with E-state index in [-0.39, 0.29) is 0 Å². The first kappa shape index (κ1) is 13.6. The second kappa shape index (κ2) is 5.95. The van der Waals surface area contributed by atoms with E-state index in [0.717, 1.165) is 9.65 Å². The first-order valence-corrected chi connectivity index (χ1v) is 8.66. The number of thiazole rings is 1. The Morgan fingerprint density at radius 1 is 0.950 bits per heavy atom. The van der Waals surface area contributed by atoms with Gasteiger partial charge in [-0.25, -0.2) is 0 Å². The number of rotatable bonds is 3. The zero-order valence-corrected chi connectivity index (χ0v) is 13.4. The molecule has 100 valence electrons. The smallest absolute Gasteiger partial charge is 0.159 e. The highest BCUT2D eigenvalue weighted by molar-refractivity contribution is 7.98. The Labute approximate surface area is 131 Å². The van der Waals surface area contributed by atoms with Gasteiger partial charge < -0.3 is 4.98 Å². The first-order chi connectivity index (χ1) is 9.78. The van der Waals surface area contributed by atoms with Crippen molar-refractivity contribution in [3.63, 3.8) is 0 Å². The fourth-order valence-corrected chi connectivity index (χ4v) is 3.71. The molecule has 0 fully saturated rings. The van der Waals surface area contributed by atoms with E-state index in [1.165, 1.54) is 20.9 Å². The monoisotopic (exact) mass is 315 g/mol. The van der Waals surface area contributed by atoms with E-state index in [1.807, 2.05) is 6.07 Å².